The van der Waals surface area contributed by atoms with Gasteiger partial charge in [0.2, 0.25) is 0 Å². The summed E-state index contributed by atoms with van der Waals surface area (Å²) in [6, 6.07) is 11.2. The standard InChI is InChI=1S/C18H19NO7/c1-10(20)23-15-13(8-19)25-14-9-22-18(12-6-4-3-5-7-12)26-16(14)17(15)24-11(2)21/h3-7,13-18H,9H2,1-2H3/t13-,14+,15-,16+,17+,18?/m0/s1. The molecular formula is C18H19NO7. The minimum absolute atomic E-state index is 0.146. The Kier molecular flexibility index (Phi) is 5.52. The number of benzene rings is 1. The van der Waals surface area contributed by atoms with Gasteiger partial charge in [-0.1, -0.05) is 30.3 Å². The number of ether oxygens (including phenoxy) is 5. The van der Waals surface area contributed by atoms with Crippen LogP contribution in [0.2, 0.25) is 0 Å². The molecule has 0 radical (unpaired) electrons. The Morgan fingerprint density at radius 1 is 1.08 bits per heavy atom. The van der Waals surface area contributed by atoms with Crippen LogP contribution < -0.4 is 0 Å². The van der Waals surface area contributed by atoms with Crippen molar-refractivity contribution in [2.45, 2.75) is 50.7 Å². The van der Waals surface area contributed by atoms with Crippen molar-refractivity contribution in [3.05, 3.63) is 35.9 Å². The molecule has 6 atom stereocenters. The predicted octanol–water partition coefficient (Wildman–Crippen LogP) is 1.25. The molecule has 138 valence electrons. The van der Waals surface area contributed by atoms with Gasteiger partial charge in [0.05, 0.1) is 12.7 Å². The van der Waals surface area contributed by atoms with Crippen molar-refractivity contribution in [1.82, 2.24) is 0 Å². The van der Waals surface area contributed by atoms with Crippen LogP contribution in [0.15, 0.2) is 30.3 Å². The molecule has 1 aromatic carbocycles. The van der Waals surface area contributed by atoms with E-state index in [4.69, 9.17) is 23.7 Å². The largest absolute Gasteiger partial charge is 0.456 e. The molecule has 8 heteroatoms. The van der Waals surface area contributed by atoms with Crippen LogP contribution in [0.3, 0.4) is 0 Å². The molecule has 0 aliphatic carbocycles. The molecule has 2 fully saturated rings. The second-order valence-corrected chi connectivity index (χ2v) is 6.05. The normalized spacial score (nSPS) is 33.4. The lowest BCUT2D eigenvalue weighted by Gasteiger charge is -2.46. The predicted molar refractivity (Wildman–Crippen MR) is 85.4 cm³/mol. The van der Waals surface area contributed by atoms with Gasteiger partial charge in [-0.2, -0.15) is 5.26 Å². The van der Waals surface area contributed by atoms with Gasteiger partial charge in [-0.25, -0.2) is 0 Å². The smallest absolute Gasteiger partial charge is 0.303 e. The van der Waals surface area contributed by atoms with E-state index in [1.807, 2.05) is 36.4 Å². The molecular weight excluding hydrogens is 342 g/mol. The van der Waals surface area contributed by atoms with Crippen LogP contribution in [0.4, 0.5) is 0 Å². The maximum absolute atomic E-state index is 11.6. The van der Waals surface area contributed by atoms with E-state index in [1.54, 1.807) is 0 Å². The summed E-state index contributed by atoms with van der Waals surface area (Å²) in [4.78, 5) is 23.0. The van der Waals surface area contributed by atoms with E-state index in [1.165, 1.54) is 13.8 Å². The molecule has 0 saturated carbocycles. The summed E-state index contributed by atoms with van der Waals surface area (Å²) >= 11 is 0. The van der Waals surface area contributed by atoms with Gasteiger partial charge in [0.1, 0.15) is 12.2 Å². The second-order valence-electron chi connectivity index (χ2n) is 6.05. The molecule has 2 saturated heterocycles. The Morgan fingerprint density at radius 2 is 1.73 bits per heavy atom. The summed E-state index contributed by atoms with van der Waals surface area (Å²) in [5.74, 6) is -1.18. The first-order valence-electron chi connectivity index (χ1n) is 8.21. The van der Waals surface area contributed by atoms with E-state index in [9.17, 15) is 14.9 Å². The Morgan fingerprint density at radius 3 is 2.35 bits per heavy atom. The molecule has 2 heterocycles. The zero-order valence-electron chi connectivity index (χ0n) is 14.4. The lowest BCUT2D eigenvalue weighted by atomic mass is 9.94. The number of carbonyl (C=O) groups excluding carboxylic acids is 2. The van der Waals surface area contributed by atoms with Gasteiger partial charge in [0, 0.05) is 19.4 Å². The molecule has 1 aromatic rings. The van der Waals surface area contributed by atoms with Crippen LogP contribution in [0.5, 0.6) is 0 Å². The number of carbonyl (C=O) groups is 2. The molecule has 2 aliphatic heterocycles. The molecule has 2 aliphatic rings. The van der Waals surface area contributed by atoms with Gasteiger partial charge in [-0.05, 0) is 0 Å². The first kappa shape index (κ1) is 18.3. The Balaban J connectivity index is 1.87. The highest BCUT2D eigenvalue weighted by Crippen LogP contribution is 2.36. The number of hydrogen-bond donors (Lipinski definition) is 0. The van der Waals surface area contributed by atoms with Crippen molar-refractivity contribution < 1.29 is 33.3 Å². The molecule has 0 aromatic heterocycles. The van der Waals surface area contributed by atoms with E-state index >= 15 is 0 Å². The maximum atomic E-state index is 11.6. The number of hydrogen-bond acceptors (Lipinski definition) is 8. The Labute approximate surface area is 150 Å². The molecule has 3 rings (SSSR count). The van der Waals surface area contributed by atoms with Crippen LogP contribution in [0.1, 0.15) is 25.7 Å². The number of nitrogens with zero attached hydrogens (tertiary/aromatic N) is 1. The summed E-state index contributed by atoms with van der Waals surface area (Å²) in [7, 11) is 0. The lowest BCUT2D eigenvalue weighted by molar-refractivity contribution is -0.324. The molecule has 0 N–H and O–H groups in total. The minimum Gasteiger partial charge on any atom is -0.456 e. The first-order valence-corrected chi connectivity index (χ1v) is 8.21. The average Bonchev–Trinajstić information content (AvgIpc) is 2.63. The molecule has 8 nitrogen and oxygen atoms in total. The highest BCUT2D eigenvalue weighted by molar-refractivity contribution is 5.67. The van der Waals surface area contributed by atoms with E-state index in [2.05, 4.69) is 0 Å². The van der Waals surface area contributed by atoms with E-state index < -0.39 is 48.7 Å². The average molecular weight is 361 g/mol. The summed E-state index contributed by atoms with van der Waals surface area (Å²) in [6.45, 7) is 2.60. The van der Waals surface area contributed by atoms with E-state index in [-0.39, 0.29) is 6.61 Å². The molecule has 1 unspecified atom stereocenters. The summed E-state index contributed by atoms with van der Waals surface area (Å²) in [6.07, 6.45) is -5.21. The van der Waals surface area contributed by atoms with Crippen molar-refractivity contribution in [2.24, 2.45) is 0 Å². The third kappa shape index (κ3) is 3.85. The number of fused-ring (bicyclic) bond motifs is 1. The van der Waals surface area contributed by atoms with Crippen molar-refractivity contribution in [2.75, 3.05) is 6.61 Å². The number of rotatable bonds is 3. The number of esters is 2. The minimum atomic E-state index is -1.09. The van der Waals surface area contributed by atoms with Gasteiger partial charge in [-0.15, -0.1) is 0 Å². The van der Waals surface area contributed by atoms with Gasteiger partial charge in [0.25, 0.3) is 0 Å². The number of nitriles is 1. The van der Waals surface area contributed by atoms with Gasteiger partial charge in [0.15, 0.2) is 24.6 Å². The zero-order chi connectivity index (χ0) is 18.7. The van der Waals surface area contributed by atoms with Crippen molar-refractivity contribution in [3.8, 4) is 6.07 Å². The lowest BCUT2D eigenvalue weighted by Crippen LogP contribution is -2.63. The molecule has 0 spiro atoms. The van der Waals surface area contributed by atoms with Crippen molar-refractivity contribution in [1.29, 1.82) is 5.26 Å². The van der Waals surface area contributed by atoms with Gasteiger partial charge in [-0.3, -0.25) is 9.59 Å². The van der Waals surface area contributed by atoms with Crippen molar-refractivity contribution in [3.63, 3.8) is 0 Å². The Hall–Kier alpha value is -2.47. The fraction of sp³-hybridized carbons (Fsp3) is 0.500. The molecule has 0 bridgehead atoms. The van der Waals surface area contributed by atoms with E-state index in [0.717, 1.165) is 5.56 Å². The van der Waals surface area contributed by atoms with Crippen molar-refractivity contribution >= 4 is 11.9 Å². The van der Waals surface area contributed by atoms with Gasteiger partial charge >= 0.3 is 11.9 Å². The monoisotopic (exact) mass is 361 g/mol. The highest BCUT2D eigenvalue weighted by atomic mass is 16.7. The summed E-state index contributed by atoms with van der Waals surface area (Å²) < 4.78 is 27.9. The summed E-state index contributed by atoms with van der Waals surface area (Å²) in [5.41, 5.74) is 0.791. The van der Waals surface area contributed by atoms with Crippen LogP contribution in [-0.4, -0.2) is 49.1 Å². The van der Waals surface area contributed by atoms with Crippen LogP contribution >= 0.6 is 0 Å². The second kappa shape index (κ2) is 7.83. The van der Waals surface area contributed by atoms with Crippen LogP contribution in [0, 0.1) is 11.3 Å². The maximum Gasteiger partial charge on any atom is 0.303 e. The fourth-order valence-electron chi connectivity index (χ4n) is 3.11. The molecule has 0 amide bonds. The summed E-state index contributed by atoms with van der Waals surface area (Å²) in [5, 5.41) is 9.36. The van der Waals surface area contributed by atoms with Crippen LogP contribution in [0.25, 0.3) is 0 Å². The topological polar surface area (TPSA) is 104 Å². The van der Waals surface area contributed by atoms with Gasteiger partial charge < -0.3 is 23.7 Å². The molecule has 26 heavy (non-hydrogen) atoms. The third-order valence-electron chi connectivity index (χ3n) is 4.13. The SMILES string of the molecule is CC(=O)O[C@@H]1[C@@H](OC(C)=O)[C@H](C#N)O[C@@H]2COC(c3ccccc3)O[C@@H]12. The van der Waals surface area contributed by atoms with Crippen LogP contribution in [-0.2, 0) is 33.3 Å². The Bertz CT molecular complexity index is 701. The first-order chi connectivity index (χ1) is 12.5. The quantitative estimate of drug-likeness (QED) is 0.741. The zero-order valence-corrected chi connectivity index (χ0v) is 14.4. The third-order valence-corrected chi connectivity index (χ3v) is 4.13. The highest BCUT2D eigenvalue weighted by Gasteiger charge is 2.53. The van der Waals surface area contributed by atoms with E-state index in [0.29, 0.717) is 0 Å². The fourth-order valence-corrected chi connectivity index (χ4v) is 3.11.